The summed E-state index contributed by atoms with van der Waals surface area (Å²) in [5.41, 5.74) is 3.01. The molecule has 3 heterocycles. The van der Waals surface area contributed by atoms with Gasteiger partial charge in [0.05, 0.1) is 29.7 Å². The quantitative estimate of drug-likeness (QED) is 0.897. The summed E-state index contributed by atoms with van der Waals surface area (Å²) < 4.78 is 2.26. The van der Waals surface area contributed by atoms with Crippen molar-refractivity contribution in [3.8, 4) is 0 Å². The minimum absolute atomic E-state index is 0.450. The van der Waals surface area contributed by atoms with Crippen LogP contribution in [0.2, 0.25) is 0 Å². The van der Waals surface area contributed by atoms with E-state index in [0.717, 1.165) is 17.1 Å². The maximum Gasteiger partial charge on any atom is 0.321 e. The van der Waals surface area contributed by atoms with Gasteiger partial charge in [0.15, 0.2) is 0 Å². The van der Waals surface area contributed by atoms with E-state index in [-0.39, 0.29) is 0 Å². The highest BCUT2D eigenvalue weighted by atomic mass is 16.4. The molecule has 0 amide bonds. The van der Waals surface area contributed by atoms with Crippen molar-refractivity contribution >= 4 is 5.97 Å². The number of nitrogens with zero attached hydrogens (tertiary/aromatic N) is 4. The number of carboxylic acid groups (broad SMARTS) is 1. The Morgan fingerprint density at radius 1 is 1.33 bits per heavy atom. The Morgan fingerprint density at radius 2 is 2.17 bits per heavy atom. The molecule has 2 aromatic rings. The first-order valence-corrected chi connectivity index (χ1v) is 8.71. The van der Waals surface area contributed by atoms with Gasteiger partial charge in [0.2, 0.25) is 0 Å². The Balaban J connectivity index is 1.56. The largest absolute Gasteiger partial charge is 0.480 e. The second-order valence-corrected chi connectivity index (χ2v) is 6.88. The molecule has 0 aromatic carbocycles. The molecule has 0 spiro atoms. The monoisotopic (exact) mass is 329 g/mol. The van der Waals surface area contributed by atoms with Crippen molar-refractivity contribution in [3.63, 3.8) is 0 Å². The Labute approximate surface area is 140 Å². The van der Waals surface area contributed by atoms with E-state index in [1.165, 1.54) is 32.1 Å². The number of carbonyl (C=O) groups is 1. The van der Waals surface area contributed by atoms with E-state index in [2.05, 4.69) is 19.5 Å². The third kappa shape index (κ3) is 2.84. The highest BCUT2D eigenvalue weighted by molar-refractivity contribution is 5.74. The molecule has 7 heteroatoms. The average Bonchev–Trinajstić information content (AvgIpc) is 3.23. The number of imidazole rings is 2. The van der Waals surface area contributed by atoms with E-state index in [1.807, 2.05) is 17.4 Å². The van der Waals surface area contributed by atoms with Crippen LogP contribution in [0.3, 0.4) is 0 Å². The lowest BCUT2D eigenvalue weighted by Crippen LogP contribution is -2.45. The zero-order valence-electron chi connectivity index (χ0n) is 13.7. The SMILES string of the molecule is O=C(O)[C@H]1Cc2nc[nH]c2CN1Cc1cncn1C1CCCCC1. The van der Waals surface area contributed by atoms with E-state index in [4.69, 9.17) is 0 Å². The molecule has 24 heavy (non-hydrogen) atoms. The minimum Gasteiger partial charge on any atom is -0.480 e. The van der Waals surface area contributed by atoms with E-state index < -0.39 is 12.0 Å². The summed E-state index contributed by atoms with van der Waals surface area (Å²) in [6.45, 7) is 1.19. The summed E-state index contributed by atoms with van der Waals surface area (Å²) in [5, 5.41) is 9.62. The van der Waals surface area contributed by atoms with Crippen molar-refractivity contribution in [2.75, 3.05) is 0 Å². The maximum absolute atomic E-state index is 11.7. The van der Waals surface area contributed by atoms with Crippen LogP contribution in [0.4, 0.5) is 0 Å². The molecule has 4 rings (SSSR count). The number of aliphatic carboxylic acids is 1. The van der Waals surface area contributed by atoms with Gasteiger partial charge < -0.3 is 14.7 Å². The Hall–Kier alpha value is -2.15. The highest BCUT2D eigenvalue weighted by Crippen LogP contribution is 2.30. The van der Waals surface area contributed by atoms with Crippen LogP contribution in [0.15, 0.2) is 18.9 Å². The van der Waals surface area contributed by atoms with Crippen LogP contribution in [0, 0.1) is 0 Å². The van der Waals surface area contributed by atoms with Crippen LogP contribution in [0.25, 0.3) is 0 Å². The van der Waals surface area contributed by atoms with Gasteiger partial charge >= 0.3 is 5.97 Å². The predicted molar refractivity (Wildman–Crippen MR) is 87.3 cm³/mol. The van der Waals surface area contributed by atoms with Gasteiger partial charge in [-0.1, -0.05) is 19.3 Å². The Bertz CT molecular complexity index is 716. The van der Waals surface area contributed by atoms with E-state index in [9.17, 15) is 9.90 Å². The average molecular weight is 329 g/mol. The van der Waals surface area contributed by atoms with Gasteiger partial charge in [-0.25, -0.2) is 9.97 Å². The molecular weight excluding hydrogens is 306 g/mol. The van der Waals surface area contributed by atoms with Gasteiger partial charge in [-0.05, 0) is 12.8 Å². The molecular formula is C17H23N5O2. The van der Waals surface area contributed by atoms with Gasteiger partial charge in [-0.2, -0.15) is 0 Å². The zero-order valence-corrected chi connectivity index (χ0v) is 13.7. The number of carboxylic acids is 1. The Morgan fingerprint density at radius 3 is 2.96 bits per heavy atom. The summed E-state index contributed by atoms with van der Waals surface area (Å²) in [5.74, 6) is -0.785. The summed E-state index contributed by atoms with van der Waals surface area (Å²) in [6, 6.07) is -0.0254. The molecule has 1 aliphatic heterocycles. The Kier molecular flexibility index (Phi) is 4.10. The van der Waals surface area contributed by atoms with Gasteiger partial charge in [-0.15, -0.1) is 0 Å². The van der Waals surface area contributed by atoms with Crippen molar-refractivity contribution in [2.24, 2.45) is 0 Å². The predicted octanol–water partition coefficient (Wildman–Crippen LogP) is 2.12. The van der Waals surface area contributed by atoms with Gasteiger partial charge in [0.1, 0.15) is 6.04 Å². The van der Waals surface area contributed by atoms with Crippen LogP contribution in [0.5, 0.6) is 0 Å². The van der Waals surface area contributed by atoms with E-state index >= 15 is 0 Å². The number of aromatic nitrogens is 4. The van der Waals surface area contributed by atoms with Crippen molar-refractivity contribution in [1.82, 2.24) is 24.4 Å². The molecule has 1 atom stereocenters. The number of H-pyrrole nitrogens is 1. The number of aromatic amines is 1. The lowest BCUT2D eigenvalue weighted by Gasteiger charge is -2.33. The second kappa shape index (κ2) is 6.39. The summed E-state index contributed by atoms with van der Waals surface area (Å²) in [4.78, 5) is 25.4. The third-order valence-electron chi connectivity index (χ3n) is 5.36. The second-order valence-electron chi connectivity index (χ2n) is 6.88. The topological polar surface area (TPSA) is 87.0 Å². The van der Waals surface area contributed by atoms with Crippen LogP contribution in [-0.4, -0.2) is 41.5 Å². The first-order chi connectivity index (χ1) is 11.7. The maximum atomic E-state index is 11.7. The number of rotatable bonds is 4. The summed E-state index contributed by atoms with van der Waals surface area (Å²) in [7, 11) is 0. The summed E-state index contributed by atoms with van der Waals surface area (Å²) >= 11 is 0. The molecule has 0 bridgehead atoms. The molecule has 1 aliphatic carbocycles. The molecule has 2 aromatic heterocycles. The fourth-order valence-electron chi connectivity index (χ4n) is 4.05. The molecule has 128 valence electrons. The van der Waals surface area contributed by atoms with Crippen molar-refractivity contribution in [3.05, 3.63) is 35.9 Å². The van der Waals surface area contributed by atoms with Crippen molar-refractivity contribution in [2.45, 2.75) is 63.7 Å². The van der Waals surface area contributed by atoms with E-state index in [1.54, 1.807) is 6.33 Å². The fraction of sp³-hybridized carbons (Fsp3) is 0.588. The molecule has 2 N–H and O–H groups in total. The van der Waals surface area contributed by atoms with Crippen molar-refractivity contribution < 1.29 is 9.90 Å². The first-order valence-electron chi connectivity index (χ1n) is 8.71. The lowest BCUT2D eigenvalue weighted by molar-refractivity contribution is -0.144. The standard InChI is InChI=1S/C17H23N5O2/c23-17(24)16-6-14-15(20-10-19-14)9-21(16)8-13-7-18-11-22(13)12-4-2-1-3-5-12/h7,10-12,16H,1-6,8-9H2,(H,19,20)(H,23,24)/t16-/m1/s1. The molecule has 1 saturated carbocycles. The third-order valence-corrected chi connectivity index (χ3v) is 5.36. The van der Waals surface area contributed by atoms with Crippen molar-refractivity contribution in [1.29, 1.82) is 0 Å². The van der Waals surface area contributed by atoms with Gasteiger partial charge in [0, 0.05) is 31.7 Å². The molecule has 7 nitrogen and oxygen atoms in total. The number of fused-ring (bicyclic) bond motifs is 1. The molecule has 0 saturated heterocycles. The molecule has 2 aliphatic rings. The number of hydrogen-bond donors (Lipinski definition) is 2. The van der Waals surface area contributed by atoms with Crippen LogP contribution in [0.1, 0.15) is 55.2 Å². The van der Waals surface area contributed by atoms with Gasteiger partial charge in [-0.3, -0.25) is 9.69 Å². The summed E-state index contributed by atoms with van der Waals surface area (Å²) in [6.07, 6.45) is 12.1. The fourth-order valence-corrected chi connectivity index (χ4v) is 4.05. The normalized spacial score (nSPS) is 22.4. The highest BCUT2D eigenvalue weighted by Gasteiger charge is 2.33. The van der Waals surface area contributed by atoms with Crippen LogP contribution < -0.4 is 0 Å². The van der Waals surface area contributed by atoms with Crippen LogP contribution in [-0.2, 0) is 24.3 Å². The van der Waals surface area contributed by atoms with E-state index in [0.29, 0.717) is 25.6 Å². The molecule has 0 radical (unpaired) electrons. The molecule has 0 unspecified atom stereocenters. The zero-order chi connectivity index (χ0) is 16.5. The minimum atomic E-state index is -0.785. The number of nitrogens with one attached hydrogen (secondary N) is 1. The smallest absolute Gasteiger partial charge is 0.321 e. The van der Waals surface area contributed by atoms with Crippen LogP contribution >= 0.6 is 0 Å². The molecule has 1 fully saturated rings. The number of hydrogen-bond acceptors (Lipinski definition) is 4. The van der Waals surface area contributed by atoms with Gasteiger partial charge in [0.25, 0.3) is 0 Å². The lowest BCUT2D eigenvalue weighted by atomic mass is 9.95. The first kappa shape index (κ1) is 15.4.